The van der Waals surface area contributed by atoms with Gasteiger partial charge in [-0.15, -0.1) is 0 Å². The van der Waals surface area contributed by atoms with E-state index in [0.29, 0.717) is 0 Å². The fourth-order valence-corrected chi connectivity index (χ4v) is 8.78. The quantitative estimate of drug-likeness (QED) is 0.704. The van der Waals surface area contributed by atoms with Crippen molar-refractivity contribution in [2.75, 3.05) is 13.2 Å². The molecule has 0 aromatic heterocycles. The number of hydrogen-bond acceptors (Lipinski definition) is 3. The maximum Gasteiger partial charge on any atom is 0.174 e. The third kappa shape index (κ3) is 1.97. The van der Waals surface area contributed by atoms with E-state index < -0.39 is 21.0 Å². The van der Waals surface area contributed by atoms with E-state index in [1.165, 1.54) is 0 Å². The monoisotopic (exact) mass is 234 g/mol. The predicted octanol–water partition coefficient (Wildman–Crippen LogP) is 1.12. The van der Waals surface area contributed by atoms with Crippen LogP contribution in [0.5, 0.6) is 0 Å². The molecule has 1 saturated heterocycles. The Morgan fingerprint density at radius 2 is 1.64 bits per heavy atom. The summed E-state index contributed by atoms with van der Waals surface area (Å²) in [5.41, 5.74) is -0.641. The second kappa shape index (κ2) is 3.71. The largest absolute Gasteiger partial charge is 0.410 e. The summed E-state index contributed by atoms with van der Waals surface area (Å²) in [6.07, 6.45) is 0.815. The lowest BCUT2D eigenvalue weighted by Gasteiger charge is -2.50. The van der Waals surface area contributed by atoms with Crippen molar-refractivity contribution >= 4 is 15.4 Å². The van der Waals surface area contributed by atoms with E-state index in [2.05, 4.69) is 26.2 Å². The zero-order valence-corrected chi connectivity index (χ0v) is 11.6. The van der Waals surface area contributed by atoms with Crippen molar-refractivity contribution < 1.29 is 14.6 Å². The van der Waals surface area contributed by atoms with Crippen LogP contribution in [-0.2, 0) is 4.43 Å². The van der Waals surface area contributed by atoms with Crippen molar-refractivity contribution in [1.82, 2.24) is 0 Å². The van der Waals surface area contributed by atoms with Gasteiger partial charge in [-0.25, -0.2) is 0 Å². The standard InChI is InChI=1S/C9H22O3Si2/c1-13(2)6-5-9(7-10,8-11)12-14(13,3)4/h10-11H,5-8H2,1-4H3. The van der Waals surface area contributed by atoms with E-state index in [1.807, 2.05) is 0 Å². The summed E-state index contributed by atoms with van der Waals surface area (Å²) in [4.78, 5) is 0. The van der Waals surface area contributed by atoms with Crippen LogP contribution >= 0.6 is 0 Å². The lowest BCUT2D eigenvalue weighted by molar-refractivity contribution is -0.0444. The van der Waals surface area contributed by atoms with Gasteiger partial charge in [0.15, 0.2) is 7.83 Å². The highest BCUT2D eigenvalue weighted by molar-refractivity contribution is 7.38. The summed E-state index contributed by atoms with van der Waals surface area (Å²) >= 11 is 0. The molecule has 1 aliphatic rings. The van der Waals surface area contributed by atoms with Gasteiger partial charge in [-0.2, -0.15) is 0 Å². The molecule has 1 heterocycles. The molecular formula is C9H22O3Si2. The fraction of sp³-hybridized carbons (Fsp3) is 1.00. The average Bonchev–Trinajstić information content (AvgIpc) is 2.10. The topological polar surface area (TPSA) is 49.7 Å². The van der Waals surface area contributed by atoms with Gasteiger partial charge in [0.05, 0.1) is 20.8 Å². The summed E-state index contributed by atoms with van der Waals surface area (Å²) in [6, 6.07) is 1.16. The van der Waals surface area contributed by atoms with Crippen molar-refractivity contribution in [3.05, 3.63) is 0 Å². The normalized spacial score (nSPS) is 28.7. The first kappa shape index (κ1) is 12.4. The fourth-order valence-electron chi connectivity index (χ4n) is 1.84. The Bertz CT molecular complexity index is 212. The van der Waals surface area contributed by atoms with Crippen molar-refractivity contribution in [1.29, 1.82) is 0 Å². The summed E-state index contributed by atoms with van der Waals surface area (Å²) in [5, 5.41) is 18.6. The molecule has 0 aromatic carbocycles. The summed E-state index contributed by atoms with van der Waals surface area (Å²) in [5.74, 6) is 0. The first-order valence-corrected chi connectivity index (χ1v) is 12.3. The van der Waals surface area contributed by atoms with Crippen molar-refractivity contribution in [3.63, 3.8) is 0 Å². The molecule has 0 saturated carbocycles. The lowest BCUT2D eigenvalue weighted by atomic mass is 10.0. The van der Waals surface area contributed by atoms with Gasteiger partial charge < -0.3 is 14.6 Å². The second-order valence-corrected chi connectivity index (χ2v) is 20.7. The minimum absolute atomic E-state index is 0.0512. The summed E-state index contributed by atoms with van der Waals surface area (Å²) in [7, 11) is -2.92. The number of aliphatic hydroxyl groups is 2. The Balaban J connectivity index is 2.86. The molecule has 0 aliphatic carbocycles. The van der Waals surface area contributed by atoms with Gasteiger partial charge in [0, 0.05) is 0 Å². The Morgan fingerprint density at radius 3 is 2.00 bits per heavy atom. The van der Waals surface area contributed by atoms with Crippen molar-refractivity contribution in [2.45, 2.75) is 44.3 Å². The maximum atomic E-state index is 9.30. The molecular weight excluding hydrogens is 212 g/mol. The number of hydrogen-bond donors (Lipinski definition) is 2. The molecule has 3 nitrogen and oxygen atoms in total. The van der Waals surface area contributed by atoms with Gasteiger partial charge in [-0.3, -0.25) is 0 Å². The third-order valence-corrected chi connectivity index (χ3v) is 20.4. The summed E-state index contributed by atoms with van der Waals surface area (Å²) in [6.45, 7) is 9.06. The van der Waals surface area contributed by atoms with Gasteiger partial charge in [0.25, 0.3) is 0 Å². The molecule has 5 heteroatoms. The van der Waals surface area contributed by atoms with E-state index >= 15 is 0 Å². The molecule has 84 valence electrons. The van der Waals surface area contributed by atoms with Gasteiger partial charge >= 0.3 is 0 Å². The van der Waals surface area contributed by atoms with Crippen molar-refractivity contribution in [3.8, 4) is 0 Å². The van der Waals surface area contributed by atoms with Crippen LogP contribution in [0.3, 0.4) is 0 Å². The molecule has 0 aromatic rings. The Labute approximate surface area is 88.0 Å². The average molecular weight is 234 g/mol. The Hall–Kier alpha value is 0.314. The van der Waals surface area contributed by atoms with Crippen LogP contribution in [0.2, 0.25) is 32.2 Å². The molecule has 1 fully saturated rings. The number of aliphatic hydroxyl groups excluding tert-OH is 2. The van der Waals surface area contributed by atoms with E-state index in [9.17, 15) is 10.2 Å². The van der Waals surface area contributed by atoms with Crippen LogP contribution in [0, 0.1) is 0 Å². The molecule has 0 unspecified atom stereocenters. The molecule has 1 rings (SSSR count). The Kier molecular flexibility index (Phi) is 3.29. The highest BCUT2D eigenvalue weighted by atomic mass is 29.3. The highest BCUT2D eigenvalue weighted by Gasteiger charge is 2.52. The van der Waals surface area contributed by atoms with Gasteiger partial charge in [-0.1, -0.05) is 19.1 Å². The van der Waals surface area contributed by atoms with Crippen LogP contribution < -0.4 is 0 Å². The first-order chi connectivity index (χ1) is 6.29. The predicted molar refractivity (Wildman–Crippen MR) is 62.4 cm³/mol. The van der Waals surface area contributed by atoms with E-state index in [4.69, 9.17) is 4.43 Å². The van der Waals surface area contributed by atoms with Crippen LogP contribution in [-0.4, -0.2) is 44.5 Å². The van der Waals surface area contributed by atoms with Gasteiger partial charge in [-0.05, 0) is 19.5 Å². The van der Waals surface area contributed by atoms with Crippen LogP contribution in [0.15, 0.2) is 0 Å². The zero-order valence-electron chi connectivity index (χ0n) is 9.63. The van der Waals surface area contributed by atoms with Crippen LogP contribution in [0.25, 0.3) is 0 Å². The minimum atomic E-state index is -1.68. The smallest absolute Gasteiger partial charge is 0.174 e. The SMILES string of the molecule is C[Si]1(C)CCC(CO)(CO)O[Si]1(C)C. The molecule has 0 spiro atoms. The van der Waals surface area contributed by atoms with Gasteiger partial charge in [0.1, 0.15) is 5.60 Å². The van der Waals surface area contributed by atoms with Crippen LogP contribution in [0.4, 0.5) is 0 Å². The summed E-state index contributed by atoms with van der Waals surface area (Å²) < 4.78 is 6.08. The molecule has 14 heavy (non-hydrogen) atoms. The Morgan fingerprint density at radius 1 is 1.14 bits per heavy atom. The molecule has 1 aliphatic heterocycles. The molecule has 0 atom stereocenters. The minimum Gasteiger partial charge on any atom is -0.410 e. The second-order valence-electron chi connectivity index (χ2n) is 5.50. The zero-order chi connectivity index (χ0) is 11.0. The van der Waals surface area contributed by atoms with Gasteiger partial charge in [0.2, 0.25) is 0 Å². The molecule has 0 bridgehead atoms. The molecule has 0 amide bonds. The third-order valence-electron chi connectivity index (χ3n) is 3.88. The maximum absolute atomic E-state index is 9.30. The van der Waals surface area contributed by atoms with Crippen LogP contribution in [0.1, 0.15) is 6.42 Å². The van der Waals surface area contributed by atoms with E-state index in [1.54, 1.807) is 0 Å². The highest BCUT2D eigenvalue weighted by Crippen LogP contribution is 2.38. The molecule has 0 radical (unpaired) electrons. The van der Waals surface area contributed by atoms with E-state index in [-0.39, 0.29) is 13.2 Å². The van der Waals surface area contributed by atoms with Crippen molar-refractivity contribution in [2.24, 2.45) is 0 Å². The molecule has 2 N–H and O–H groups in total. The van der Waals surface area contributed by atoms with E-state index in [0.717, 1.165) is 12.5 Å². The lowest BCUT2D eigenvalue weighted by Crippen LogP contribution is -2.67. The number of rotatable bonds is 2. The first-order valence-electron chi connectivity index (χ1n) is 5.20.